The van der Waals surface area contributed by atoms with Gasteiger partial charge in [-0.15, -0.1) is 10.2 Å². The first kappa shape index (κ1) is 26.8. The molecule has 0 bridgehead atoms. The van der Waals surface area contributed by atoms with Crippen molar-refractivity contribution in [2.75, 3.05) is 43.9 Å². The highest BCUT2D eigenvalue weighted by Gasteiger charge is 2.25. The summed E-state index contributed by atoms with van der Waals surface area (Å²) in [5, 5.41) is 9.54. The number of halogens is 1. The number of hydrogen-bond acceptors (Lipinski definition) is 7. The van der Waals surface area contributed by atoms with Gasteiger partial charge in [0.1, 0.15) is 5.82 Å². The van der Waals surface area contributed by atoms with E-state index in [1.54, 1.807) is 19.2 Å². The minimum atomic E-state index is -0.354. The number of piperazine rings is 1. The number of amides is 1. The van der Waals surface area contributed by atoms with Crippen molar-refractivity contribution in [1.29, 1.82) is 0 Å². The van der Waals surface area contributed by atoms with E-state index < -0.39 is 0 Å². The van der Waals surface area contributed by atoms with Gasteiger partial charge in [0.2, 0.25) is 5.91 Å². The lowest BCUT2D eigenvalue weighted by Crippen LogP contribution is -2.49. The monoisotopic (exact) mass is 527 g/mol. The van der Waals surface area contributed by atoms with Crippen LogP contribution in [0.4, 0.5) is 10.1 Å². The second-order valence-electron chi connectivity index (χ2n) is 9.39. The second-order valence-corrected chi connectivity index (χ2v) is 10.3. The minimum Gasteiger partial charge on any atom is -0.493 e. The maximum Gasteiger partial charge on any atom is 0.233 e. The molecule has 10 heteroatoms. The van der Waals surface area contributed by atoms with Gasteiger partial charge in [0.15, 0.2) is 28.6 Å². The van der Waals surface area contributed by atoms with E-state index in [0.29, 0.717) is 54.6 Å². The van der Waals surface area contributed by atoms with Gasteiger partial charge in [-0.1, -0.05) is 37.7 Å². The quantitative estimate of drug-likeness (QED) is 0.355. The van der Waals surface area contributed by atoms with Crippen molar-refractivity contribution in [3.63, 3.8) is 0 Å². The molecule has 2 aromatic carbocycles. The van der Waals surface area contributed by atoms with Crippen LogP contribution in [0.15, 0.2) is 53.7 Å². The lowest BCUT2D eigenvalue weighted by molar-refractivity contribution is -0.128. The molecule has 37 heavy (non-hydrogen) atoms. The zero-order valence-electron chi connectivity index (χ0n) is 21.8. The average Bonchev–Trinajstić information content (AvgIpc) is 3.30. The van der Waals surface area contributed by atoms with Gasteiger partial charge in [0, 0.05) is 38.4 Å². The zero-order valence-corrected chi connectivity index (χ0v) is 22.6. The van der Waals surface area contributed by atoms with Crippen LogP contribution in [-0.2, 0) is 11.3 Å². The van der Waals surface area contributed by atoms with Crippen LogP contribution in [-0.4, -0.2) is 64.6 Å². The smallest absolute Gasteiger partial charge is 0.233 e. The fourth-order valence-electron chi connectivity index (χ4n) is 4.29. The Hall–Kier alpha value is -3.27. The Balaban J connectivity index is 1.37. The molecule has 0 saturated carbocycles. The molecule has 1 amide bonds. The van der Waals surface area contributed by atoms with Crippen molar-refractivity contribution >= 4 is 23.4 Å². The SMILES string of the molecule is COc1ccccc1OC(C)c1nnc(SCC(=O)N2CCN(c3ccc(F)cc3)CC2)n1CC(C)C. The van der Waals surface area contributed by atoms with E-state index in [2.05, 4.69) is 33.5 Å². The number of ether oxygens (including phenoxy) is 2. The van der Waals surface area contributed by atoms with Gasteiger partial charge in [0.25, 0.3) is 0 Å². The summed E-state index contributed by atoms with van der Waals surface area (Å²) in [5.74, 6) is 2.48. The minimum absolute atomic E-state index is 0.0720. The van der Waals surface area contributed by atoms with Crippen LogP contribution in [0.25, 0.3) is 0 Å². The molecular formula is C27H34FN5O3S. The molecule has 1 fully saturated rings. The zero-order chi connectivity index (χ0) is 26.4. The molecule has 2 heterocycles. The summed E-state index contributed by atoms with van der Waals surface area (Å²) in [6.45, 7) is 9.61. The number of carbonyl (C=O) groups is 1. The fourth-order valence-corrected chi connectivity index (χ4v) is 5.14. The largest absolute Gasteiger partial charge is 0.493 e. The van der Waals surface area contributed by atoms with Crippen LogP contribution in [0.2, 0.25) is 0 Å². The van der Waals surface area contributed by atoms with Gasteiger partial charge in [-0.2, -0.15) is 0 Å². The number of aromatic nitrogens is 3. The molecule has 4 rings (SSSR count). The van der Waals surface area contributed by atoms with Crippen LogP contribution < -0.4 is 14.4 Å². The van der Waals surface area contributed by atoms with Crippen LogP contribution in [0.3, 0.4) is 0 Å². The number of methoxy groups -OCH3 is 1. The summed E-state index contributed by atoms with van der Waals surface area (Å²) in [5.41, 5.74) is 0.974. The number of rotatable bonds is 10. The van der Waals surface area contributed by atoms with E-state index in [4.69, 9.17) is 9.47 Å². The summed E-state index contributed by atoms with van der Waals surface area (Å²) in [6, 6.07) is 14.0. The molecule has 0 N–H and O–H groups in total. The third-order valence-corrected chi connectivity index (χ3v) is 7.13. The Morgan fingerprint density at radius 3 is 2.32 bits per heavy atom. The number of para-hydroxylation sites is 2. The first-order valence-electron chi connectivity index (χ1n) is 12.5. The van der Waals surface area contributed by atoms with Gasteiger partial charge in [-0.05, 0) is 49.2 Å². The second kappa shape index (κ2) is 12.3. The lowest BCUT2D eigenvalue weighted by Gasteiger charge is -2.36. The number of thioether (sulfide) groups is 1. The highest BCUT2D eigenvalue weighted by atomic mass is 32.2. The van der Waals surface area contributed by atoms with E-state index in [-0.39, 0.29) is 23.6 Å². The summed E-state index contributed by atoms with van der Waals surface area (Å²) in [4.78, 5) is 17.0. The molecule has 3 aromatic rings. The summed E-state index contributed by atoms with van der Waals surface area (Å²) in [7, 11) is 1.61. The molecule has 8 nitrogen and oxygen atoms in total. The van der Waals surface area contributed by atoms with Crippen molar-refractivity contribution in [1.82, 2.24) is 19.7 Å². The van der Waals surface area contributed by atoms with Crippen LogP contribution in [0, 0.1) is 11.7 Å². The van der Waals surface area contributed by atoms with E-state index in [1.807, 2.05) is 36.1 Å². The van der Waals surface area contributed by atoms with Gasteiger partial charge in [-0.3, -0.25) is 4.79 Å². The lowest BCUT2D eigenvalue weighted by atomic mass is 10.2. The third-order valence-electron chi connectivity index (χ3n) is 6.18. The molecule has 1 aliphatic heterocycles. The van der Waals surface area contributed by atoms with Gasteiger partial charge >= 0.3 is 0 Å². The van der Waals surface area contributed by atoms with E-state index in [0.717, 1.165) is 12.2 Å². The fraction of sp³-hybridized carbons (Fsp3) is 0.444. The average molecular weight is 528 g/mol. The maximum absolute atomic E-state index is 13.2. The highest BCUT2D eigenvalue weighted by molar-refractivity contribution is 7.99. The van der Waals surface area contributed by atoms with E-state index in [9.17, 15) is 9.18 Å². The Bertz CT molecular complexity index is 1180. The third kappa shape index (κ3) is 6.74. The predicted molar refractivity (Wildman–Crippen MR) is 143 cm³/mol. The molecule has 1 aliphatic rings. The van der Waals surface area contributed by atoms with Crippen LogP contribution in [0.5, 0.6) is 11.5 Å². The molecule has 1 aromatic heterocycles. The molecule has 1 atom stereocenters. The molecule has 1 saturated heterocycles. The summed E-state index contributed by atoms with van der Waals surface area (Å²) in [6.07, 6.45) is -0.354. The standard InChI is InChI=1S/C27H34FN5O3S/c1-19(2)17-33-26(20(3)36-24-8-6-5-7-23(24)35-4)29-30-27(33)37-18-25(34)32-15-13-31(14-16-32)22-11-9-21(28)10-12-22/h5-12,19-20H,13-18H2,1-4H3. The molecule has 1 unspecified atom stereocenters. The normalized spacial score (nSPS) is 14.6. The first-order valence-corrected chi connectivity index (χ1v) is 13.5. The van der Waals surface area contributed by atoms with Crippen molar-refractivity contribution in [3.05, 3.63) is 60.2 Å². The van der Waals surface area contributed by atoms with Crippen molar-refractivity contribution < 1.29 is 18.7 Å². The van der Waals surface area contributed by atoms with Crippen molar-refractivity contribution in [2.45, 2.75) is 38.6 Å². The molecular weight excluding hydrogens is 493 g/mol. The Labute approximate surface area is 221 Å². The van der Waals surface area contributed by atoms with Crippen molar-refractivity contribution in [2.24, 2.45) is 5.92 Å². The number of hydrogen-bond donors (Lipinski definition) is 0. The Morgan fingerprint density at radius 2 is 1.68 bits per heavy atom. The maximum atomic E-state index is 13.2. The molecule has 0 radical (unpaired) electrons. The van der Waals surface area contributed by atoms with Crippen LogP contribution >= 0.6 is 11.8 Å². The predicted octanol–water partition coefficient (Wildman–Crippen LogP) is 4.66. The van der Waals surface area contributed by atoms with Gasteiger partial charge in [0.05, 0.1) is 12.9 Å². The van der Waals surface area contributed by atoms with E-state index in [1.165, 1.54) is 23.9 Å². The van der Waals surface area contributed by atoms with Gasteiger partial charge in [-0.25, -0.2) is 4.39 Å². The highest BCUT2D eigenvalue weighted by Crippen LogP contribution is 2.31. The first-order chi connectivity index (χ1) is 17.9. The Kier molecular flexibility index (Phi) is 8.91. The van der Waals surface area contributed by atoms with Gasteiger partial charge < -0.3 is 23.8 Å². The summed E-state index contributed by atoms with van der Waals surface area (Å²) >= 11 is 1.40. The number of carbonyl (C=O) groups excluding carboxylic acids is 1. The molecule has 198 valence electrons. The summed E-state index contributed by atoms with van der Waals surface area (Å²) < 4.78 is 26.9. The van der Waals surface area contributed by atoms with Crippen LogP contribution in [0.1, 0.15) is 32.7 Å². The molecule has 0 aliphatic carbocycles. The number of benzene rings is 2. The Morgan fingerprint density at radius 1 is 1.00 bits per heavy atom. The molecule has 0 spiro atoms. The van der Waals surface area contributed by atoms with Crippen molar-refractivity contribution in [3.8, 4) is 11.5 Å². The number of anilines is 1. The topological polar surface area (TPSA) is 72.7 Å². The number of nitrogens with zero attached hydrogens (tertiary/aromatic N) is 5. The van der Waals surface area contributed by atoms with E-state index >= 15 is 0 Å².